The van der Waals surface area contributed by atoms with Crippen molar-refractivity contribution in [3.63, 3.8) is 0 Å². The first-order chi connectivity index (χ1) is 12.1. The summed E-state index contributed by atoms with van der Waals surface area (Å²) in [6.45, 7) is 7.06. The van der Waals surface area contributed by atoms with Crippen LogP contribution in [0.2, 0.25) is 5.02 Å². The van der Waals surface area contributed by atoms with Gasteiger partial charge in [-0.25, -0.2) is 0 Å². The van der Waals surface area contributed by atoms with Crippen molar-refractivity contribution >= 4 is 17.3 Å². The molecule has 1 atom stereocenters. The molecular weight excluding hydrogens is 336 g/mol. The summed E-state index contributed by atoms with van der Waals surface area (Å²) in [5.74, 6) is 0.811. The van der Waals surface area contributed by atoms with Crippen molar-refractivity contribution in [3.05, 3.63) is 59.1 Å². The maximum atomic E-state index is 10.3. The monoisotopic (exact) mass is 361 g/mol. The number of piperazine rings is 1. The fourth-order valence-corrected chi connectivity index (χ4v) is 3.36. The van der Waals surface area contributed by atoms with E-state index in [1.807, 2.05) is 49.4 Å². The van der Waals surface area contributed by atoms with E-state index in [0.29, 0.717) is 6.61 Å². The number of aliphatic hydroxyl groups is 1. The Labute approximate surface area is 154 Å². The minimum atomic E-state index is -0.450. The van der Waals surface area contributed by atoms with Gasteiger partial charge in [0, 0.05) is 10.7 Å². The Morgan fingerprint density at radius 2 is 1.88 bits per heavy atom. The molecule has 0 aromatic heterocycles. The van der Waals surface area contributed by atoms with Gasteiger partial charge in [-0.2, -0.15) is 0 Å². The summed E-state index contributed by atoms with van der Waals surface area (Å²) < 4.78 is 5.68. The molecule has 2 aromatic carbocycles. The molecule has 0 radical (unpaired) electrons. The van der Waals surface area contributed by atoms with Gasteiger partial charge in [-0.05, 0) is 37.3 Å². The Morgan fingerprint density at radius 1 is 1.16 bits per heavy atom. The number of hydrogen-bond acceptors (Lipinski definition) is 3. The van der Waals surface area contributed by atoms with Crippen LogP contribution in [0.1, 0.15) is 5.56 Å². The fourth-order valence-electron chi connectivity index (χ4n) is 3.18. The Morgan fingerprint density at radius 3 is 2.56 bits per heavy atom. The van der Waals surface area contributed by atoms with E-state index in [2.05, 4.69) is 11.0 Å². The molecule has 4 nitrogen and oxygen atoms in total. The van der Waals surface area contributed by atoms with Crippen molar-refractivity contribution in [2.45, 2.75) is 13.0 Å². The van der Waals surface area contributed by atoms with Gasteiger partial charge in [0.1, 0.15) is 25.0 Å². The normalized spacial score (nSPS) is 16.7. The van der Waals surface area contributed by atoms with Crippen molar-refractivity contribution in [2.24, 2.45) is 0 Å². The van der Waals surface area contributed by atoms with E-state index in [-0.39, 0.29) is 0 Å². The molecule has 0 amide bonds. The van der Waals surface area contributed by atoms with Gasteiger partial charge < -0.3 is 19.6 Å². The van der Waals surface area contributed by atoms with Crippen LogP contribution >= 0.6 is 11.6 Å². The van der Waals surface area contributed by atoms with Crippen LogP contribution in [0, 0.1) is 6.92 Å². The molecule has 1 fully saturated rings. The molecule has 1 heterocycles. The van der Waals surface area contributed by atoms with Crippen molar-refractivity contribution in [1.29, 1.82) is 0 Å². The number of quaternary nitrogens is 1. The predicted molar refractivity (Wildman–Crippen MR) is 102 cm³/mol. The molecule has 134 valence electrons. The minimum absolute atomic E-state index is 0.338. The Bertz CT molecular complexity index is 670. The highest BCUT2D eigenvalue weighted by atomic mass is 35.5. The predicted octanol–water partition coefficient (Wildman–Crippen LogP) is 1.79. The average molecular weight is 362 g/mol. The number of benzene rings is 2. The first-order valence-electron chi connectivity index (χ1n) is 8.82. The molecule has 1 aliphatic heterocycles. The van der Waals surface area contributed by atoms with Gasteiger partial charge >= 0.3 is 0 Å². The summed E-state index contributed by atoms with van der Waals surface area (Å²) in [5, 5.41) is 11.0. The summed E-state index contributed by atoms with van der Waals surface area (Å²) >= 11 is 6.08. The van der Waals surface area contributed by atoms with E-state index in [9.17, 15) is 5.11 Å². The van der Waals surface area contributed by atoms with Crippen LogP contribution in [0.4, 0.5) is 5.69 Å². The van der Waals surface area contributed by atoms with Crippen LogP contribution in [0.15, 0.2) is 48.5 Å². The molecule has 5 heteroatoms. The number of rotatable bonds is 6. The summed E-state index contributed by atoms with van der Waals surface area (Å²) in [7, 11) is 0. The van der Waals surface area contributed by atoms with Gasteiger partial charge in [-0.3, -0.25) is 0 Å². The molecule has 1 aliphatic rings. The molecular formula is C20H26ClN2O2+. The SMILES string of the molecule is Cc1ccc(OC[C@H](O)C[NH+]2CCN(c3cccc(Cl)c3)CC2)cc1. The van der Waals surface area contributed by atoms with Gasteiger partial charge in [-0.15, -0.1) is 0 Å². The third-order valence-electron chi connectivity index (χ3n) is 4.63. The topological polar surface area (TPSA) is 37.1 Å². The number of ether oxygens (including phenoxy) is 1. The molecule has 3 rings (SSSR count). The maximum Gasteiger partial charge on any atom is 0.137 e. The molecule has 1 saturated heterocycles. The van der Waals surface area contributed by atoms with Gasteiger partial charge in [0.25, 0.3) is 0 Å². The van der Waals surface area contributed by atoms with Crippen LogP contribution in [0.3, 0.4) is 0 Å². The van der Waals surface area contributed by atoms with Crippen LogP contribution < -0.4 is 14.5 Å². The zero-order chi connectivity index (χ0) is 17.6. The van der Waals surface area contributed by atoms with Gasteiger partial charge in [0.15, 0.2) is 0 Å². The zero-order valence-corrected chi connectivity index (χ0v) is 15.4. The number of aryl methyl sites for hydroxylation is 1. The van der Waals surface area contributed by atoms with E-state index in [4.69, 9.17) is 16.3 Å². The molecule has 0 saturated carbocycles. The summed E-state index contributed by atoms with van der Waals surface area (Å²) in [6, 6.07) is 15.9. The van der Waals surface area contributed by atoms with E-state index in [1.54, 1.807) is 0 Å². The molecule has 0 unspecified atom stereocenters. The summed E-state index contributed by atoms with van der Waals surface area (Å²) in [4.78, 5) is 3.77. The third-order valence-corrected chi connectivity index (χ3v) is 4.87. The van der Waals surface area contributed by atoms with Crippen LogP contribution in [0.5, 0.6) is 5.75 Å². The lowest BCUT2D eigenvalue weighted by Gasteiger charge is -2.34. The number of halogens is 1. The second-order valence-electron chi connectivity index (χ2n) is 6.70. The standard InChI is InChI=1S/C20H25ClN2O2/c1-16-5-7-20(8-6-16)25-15-19(24)14-22-9-11-23(12-10-22)18-4-2-3-17(21)13-18/h2-8,13,19,24H,9-12,14-15H2,1H3/p+1/t19-/m1/s1. The second-order valence-corrected chi connectivity index (χ2v) is 7.14. The number of nitrogens with zero attached hydrogens (tertiary/aromatic N) is 1. The molecule has 0 spiro atoms. The smallest absolute Gasteiger partial charge is 0.137 e. The first kappa shape index (κ1) is 18.1. The van der Waals surface area contributed by atoms with E-state index in [1.165, 1.54) is 16.2 Å². The first-order valence-corrected chi connectivity index (χ1v) is 9.19. The van der Waals surface area contributed by atoms with Crippen molar-refractivity contribution in [3.8, 4) is 5.75 Å². The van der Waals surface area contributed by atoms with Crippen LogP contribution in [-0.2, 0) is 0 Å². The number of anilines is 1. The van der Waals surface area contributed by atoms with Crippen molar-refractivity contribution < 1.29 is 14.7 Å². The molecule has 2 N–H and O–H groups in total. The Balaban J connectivity index is 1.41. The highest BCUT2D eigenvalue weighted by molar-refractivity contribution is 6.30. The molecule has 25 heavy (non-hydrogen) atoms. The highest BCUT2D eigenvalue weighted by Gasteiger charge is 2.23. The number of nitrogens with one attached hydrogen (secondary N) is 1. The van der Waals surface area contributed by atoms with Crippen LogP contribution in [-0.4, -0.2) is 50.5 Å². The lowest BCUT2D eigenvalue weighted by Crippen LogP contribution is -3.16. The van der Waals surface area contributed by atoms with Gasteiger partial charge in [0.2, 0.25) is 0 Å². The van der Waals surface area contributed by atoms with Crippen molar-refractivity contribution in [2.75, 3.05) is 44.2 Å². The summed E-state index contributed by atoms with van der Waals surface area (Å²) in [6.07, 6.45) is -0.450. The number of hydrogen-bond donors (Lipinski definition) is 2. The Kier molecular flexibility index (Phi) is 6.19. The lowest BCUT2D eigenvalue weighted by molar-refractivity contribution is -0.903. The largest absolute Gasteiger partial charge is 0.491 e. The molecule has 0 aliphatic carbocycles. The maximum absolute atomic E-state index is 10.3. The zero-order valence-electron chi connectivity index (χ0n) is 14.6. The number of aliphatic hydroxyl groups excluding tert-OH is 1. The Hall–Kier alpha value is -1.75. The lowest BCUT2D eigenvalue weighted by atomic mass is 10.2. The van der Waals surface area contributed by atoms with E-state index >= 15 is 0 Å². The van der Waals surface area contributed by atoms with Gasteiger partial charge in [-0.1, -0.05) is 35.4 Å². The van der Waals surface area contributed by atoms with Crippen LogP contribution in [0.25, 0.3) is 0 Å². The van der Waals surface area contributed by atoms with E-state index < -0.39 is 6.10 Å². The van der Waals surface area contributed by atoms with Crippen molar-refractivity contribution in [1.82, 2.24) is 0 Å². The molecule has 0 bridgehead atoms. The average Bonchev–Trinajstić information content (AvgIpc) is 2.62. The highest BCUT2D eigenvalue weighted by Crippen LogP contribution is 2.19. The second kappa shape index (κ2) is 8.56. The quantitative estimate of drug-likeness (QED) is 0.823. The fraction of sp³-hybridized carbons (Fsp3) is 0.400. The van der Waals surface area contributed by atoms with Gasteiger partial charge in [0.05, 0.1) is 26.2 Å². The summed E-state index contributed by atoms with van der Waals surface area (Å²) in [5.41, 5.74) is 2.38. The third kappa shape index (κ3) is 5.36. The van der Waals surface area contributed by atoms with E-state index in [0.717, 1.165) is 43.5 Å². The molecule has 2 aromatic rings. The minimum Gasteiger partial charge on any atom is -0.491 e.